The Morgan fingerprint density at radius 1 is 1.05 bits per heavy atom. The molecule has 1 atom stereocenters. The molecule has 0 bridgehead atoms. The summed E-state index contributed by atoms with van der Waals surface area (Å²) in [6.07, 6.45) is 3.16. The molecule has 0 fully saturated rings. The highest BCUT2D eigenvalue weighted by Crippen LogP contribution is 2.48. The normalized spacial score (nSPS) is 17.6. The average molecular weight is 607 g/mol. The van der Waals surface area contributed by atoms with Gasteiger partial charge < -0.3 is 4.74 Å². The number of hydrogen-bond acceptors (Lipinski definition) is 10. The molecule has 0 amide bonds. The van der Waals surface area contributed by atoms with E-state index >= 15 is 0 Å². The van der Waals surface area contributed by atoms with Crippen LogP contribution in [0.3, 0.4) is 0 Å². The number of nitrogens with zero attached hydrogens (tertiary/aromatic N) is 1. The first-order chi connectivity index (χ1) is 18.2. The van der Waals surface area contributed by atoms with Gasteiger partial charge >= 0.3 is 5.97 Å². The fourth-order valence-electron chi connectivity index (χ4n) is 5.12. The summed E-state index contributed by atoms with van der Waals surface area (Å²) in [5.41, 5.74) is 1.77. The number of benzene rings is 2. The molecule has 12 nitrogen and oxygen atoms in total. The van der Waals surface area contributed by atoms with Gasteiger partial charge in [-0.3, -0.25) is 13.9 Å². The molecule has 15 heteroatoms. The summed E-state index contributed by atoms with van der Waals surface area (Å²) >= 11 is 0.567. The smallest absolute Gasteiger partial charge is 0.305 e. The van der Waals surface area contributed by atoms with Crippen molar-refractivity contribution in [2.24, 2.45) is 0 Å². The minimum Gasteiger partial charge on any atom is -0.469 e. The van der Waals surface area contributed by atoms with Crippen molar-refractivity contribution in [3.8, 4) is 0 Å². The fraction of sp³-hybridized carbons (Fsp3) is 0.500. The van der Waals surface area contributed by atoms with Crippen molar-refractivity contribution in [1.29, 1.82) is 0 Å². The topological polar surface area (TPSA) is 177 Å². The summed E-state index contributed by atoms with van der Waals surface area (Å²) in [6.45, 7) is 4.20. The molecule has 216 valence electrons. The lowest BCUT2D eigenvalue weighted by Gasteiger charge is -2.24. The molecule has 2 aromatic rings. The maximum atomic E-state index is 12.1. The highest BCUT2D eigenvalue weighted by Gasteiger charge is 2.47. The minimum atomic E-state index is -4.62. The summed E-state index contributed by atoms with van der Waals surface area (Å²) in [6, 6.07) is 6.13. The zero-order chi connectivity index (χ0) is 29.0. The van der Waals surface area contributed by atoms with Gasteiger partial charge in [-0.05, 0) is 48.7 Å². The third-order valence-corrected chi connectivity index (χ3v) is 9.40. The van der Waals surface area contributed by atoms with Crippen molar-refractivity contribution in [3.05, 3.63) is 29.8 Å². The maximum Gasteiger partial charge on any atom is 0.305 e. The fourth-order valence-corrected chi connectivity index (χ4v) is 6.77. The molecule has 3 N–H and O–H groups in total. The number of hydrogen-bond donors (Lipinski definition) is 3. The van der Waals surface area contributed by atoms with Crippen molar-refractivity contribution in [2.75, 3.05) is 19.4 Å². The molecule has 0 radical (unpaired) electrons. The zero-order valence-electron chi connectivity index (χ0n) is 21.7. The number of carbonyl (C=O) groups is 1. The van der Waals surface area contributed by atoms with Crippen molar-refractivity contribution in [3.63, 3.8) is 0 Å². The standard InChI is InChI=1S/C24H31NO11S3/c1-16-24(2,11-6-4-5-8-22(26)34-3)23-19-14-17(39(31,32)33)15-21(37-36-35-27)18(19)9-10-20(23)25(16)12-7-13-38(28,29)30/h9-10,14-15H,4-8,11-13H2,1-3H3,(H2-,27,28,29,30,31,32,33)/p+1. The van der Waals surface area contributed by atoms with Gasteiger partial charge in [-0.1, -0.05) is 17.9 Å². The van der Waals surface area contributed by atoms with Crippen LogP contribution in [0.5, 0.6) is 0 Å². The van der Waals surface area contributed by atoms with Crippen molar-refractivity contribution in [1.82, 2.24) is 0 Å². The Labute approximate surface area is 231 Å². The number of fused-ring (bicyclic) bond motifs is 3. The molecule has 0 aromatic heterocycles. The van der Waals surface area contributed by atoms with Gasteiger partial charge in [0, 0.05) is 36.3 Å². The van der Waals surface area contributed by atoms with Crippen molar-refractivity contribution < 1.29 is 54.7 Å². The quantitative estimate of drug-likeness (QED) is 0.0529. The monoisotopic (exact) mass is 606 g/mol. The van der Waals surface area contributed by atoms with Gasteiger partial charge in [-0.15, -0.1) is 4.33 Å². The summed E-state index contributed by atoms with van der Waals surface area (Å²) in [4.78, 5) is 11.4. The molecule has 39 heavy (non-hydrogen) atoms. The Bertz CT molecular complexity index is 1490. The van der Waals surface area contributed by atoms with Gasteiger partial charge in [0.25, 0.3) is 20.2 Å². The van der Waals surface area contributed by atoms with Crippen LogP contribution < -0.4 is 0 Å². The van der Waals surface area contributed by atoms with Gasteiger partial charge in [-0.25, -0.2) is 5.26 Å². The Morgan fingerprint density at radius 3 is 2.38 bits per heavy atom. The van der Waals surface area contributed by atoms with E-state index in [2.05, 4.69) is 9.37 Å². The van der Waals surface area contributed by atoms with E-state index < -0.39 is 31.4 Å². The average Bonchev–Trinajstić information content (AvgIpc) is 3.07. The van der Waals surface area contributed by atoms with E-state index in [0.29, 0.717) is 42.1 Å². The lowest BCUT2D eigenvalue weighted by molar-refractivity contribution is -0.438. The van der Waals surface area contributed by atoms with Crippen LogP contribution in [0.1, 0.15) is 57.9 Å². The highest BCUT2D eigenvalue weighted by molar-refractivity contribution is 7.94. The van der Waals surface area contributed by atoms with Gasteiger partial charge in [0.15, 0.2) is 5.71 Å². The van der Waals surface area contributed by atoms with E-state index in [9.17, 15) is 30.7 Å². The van der Waals surface area contributed by atoms with E-state index in [0.717, 1.165) is 29.8 Å². The minimum absolute atomic E-state index is 0.150. The van der Waals surface area contributed by atoms with Crippen LogP contribution in [0.15, 0.2) is 34.1 Å². The van der Waals surface area contributed by atoms with Gasteiger partial charge in [-0.2, -0.15) is 21.4 Å². The predicted octanol–water partition coefficient (Wildman–Crippen LogP) is 4.29. The third kappa shape index (κ3) is 7.35. The molecule has 1 heterocycles. The van der Waals surface area contributed by atoms with Crippen LogP contribution in [0, 0.1) is 0 Å². The molecule has 2 aromatic carbocycles. The Hall–Kier alpha value is -2.11. The summed E-state index contributed by atoms with van der Waals surface area (Å²) in [5.74, 6) is -0.709. The summed E-state index contributed by atoms with van der Waals surface area (Å²) < 4.78 is 77.3. The molecule has 1 unspecified atom stereocenters. The van der Waals surface area contributed by atoms with E-state index in [1.54, 1.807) is 6.07 Å². The van der Waals surface area contributed by atoms with Crippen LogP contribution in [0.2, 0.25) is 0 Å². The second-order valence-electron chi connectivity index (χ2n) is 9.52. The Balaban J connectivity index is 2.14. The number of unbranched alkanes of at least 4 members (excludes halogenated alkanes) is 2. The van der Waals surface area contributed by atoms with Crippen LogP contribution >= 0.6 is 12.0 Å². The van der Waals surface area contributed by atoms with Gasteiger partial charge in [0.1, 0.15) is 6.54 Å². The maximum absolute atomic E-state index is 12.1. The molecule has 0 saturated carbocycles. The number of rotatable bonds is 14. The van der Waals surface area contributed by atoms with E-state index in [4.69, 9.17) is 9.99 Å². The number of esters is 1. The van der Waals surface area contributed by atoms with Crippen LogP contribution in [-0.2, 0) is 44.6 Å². The SMILES string of the molecule is COC(=O)CCCCCC1(C)C(C)=[N+](CCCS(=O)(=O)O)c2ccc3c(SOOO)cc(S(=O)(=O)O)cc3c21. The third-order valence-electron chi connectivity index (χ3n) is 7.12. The second-order valence-corrected chi connectivity index (χ2v) is 13.3. The lowest BCUT2D eigenvalue weighted by atomic mass is 9.74. The lowest BCUT2D eigenvalue weighted by Crippen LogP contribution is -2.31. The van der Waals surface area contributed by atoms with E-state index in [1.165, 1.54) is 19.2 Å². The summed E-state index contributed by atoms with van der Waals surface area (Å²) in [7, 11) is -7.44. The molecule has 0 spiro atoms. The molecular formula is C24H32NO11S3+. The molecule has 1 aliphatic rings. The van der Waals surface area contributed by atoms with Gasteiger partial charge in [0.05, 0.1) is 35.2 Å². The number of methoxy groups -OCH3 is 1. The second kappa shape index (κ2) is 12.6. The summed E-state index contributed by atoms with van der Waals surface area (Å²) in [5, 5.41) is 13.4. The largest absolute Gasteiger partial charge is 0.469 e. The Kier molecular flexibility index (Phi) is 10.1. The molecule has 3 rings (SSSR count). The van der Waals surface area contributed by atoms with Crippen LogP contribution in [0.4, 0.5) is 5.69 Å². The molecule has 0 saturated heterocycles. The number of ether oxygens (including phenoxy) is 1. The van der Waals surface area contributed by atoms with Crippen LogP contribution in [0.25, 0.3) is 10.8 Å². The van der Waals surface area contributed by atoms with E-state index in [-0.39, 0.29) is 28.7 Å². The highest BCUT2D eigenvalue weighted by atomic mass is 32.2. The van der Waals surface area contributed by atoms with Crippen LogP contribution in [-0.4, -0.2) is 66.9 Å². The number of carbonyl (C=O) groups excluding carboxylic acids is 1. The first-order valence-corrected chi connectivity index (χ1v) is 15.9. The molecule has 0 aliphatic carbocycles. The first kappa shape index (κ1) is 31.4. The van der Waals surface area contributed by atoms with Crippen molar-refractivity contribution >= 4 is 60.4 Å². The molecule has 1 aliphatic heterocycles. The van der Waals surface area contributed by atoms with Gasteiger partial charge in [0.2, 0.25) is 5.69 Å². The first-order valence-electron chi connectivity index (χ1n) is 12.1. The zero-order valence-corrected chi connectivity index (χ0v) is 24.2. The molecular weight excluding hydrogens is 574 g/mol. The Morgan fingerprint density at radius 2 is 1.77 bits per heavy atom. The van der Waals surface area contributed by atoms with E-state index in [1.807, 2.05) is 24.5 Å². The predicted molar refractivity (Wildman–Crippen MR) is 143 cm³/mol. The van der Waals surface area contributed by atoms with Crippen molar-refractivity contribution in [2.45, 2.75) is 67.6 Å².